The number of nitrogens with zero attached hydrogens (tertiary/aromatic N) is 1. The number of para-hydroxylation sites is 1. The number of nitrogens with one attached hydrogen (secondary N) is 1. The average Bonchev–Trinajstić information content (AvgIpc) is 2.56. The quantitative estimate of drug-likeness (QED) is 0.844. The number of carbonyl (C=O) groups excluding carboxylic acids is 1. The molecule has 2 amide bonds. The van der Waals surface area contributed by atoms with E-state index in [1.54, 1.807) is 4.90 Å². The molecule has 4 heteroatoms. The summed E-state index contributed by atoms with van der Waals surface area (Å²) in [4.78, 5) is 13.8. The molecule has 1 unspecified atom stereocenters. The first-order chi connectivity index (χ1) is 8.74. The van der Waals surface area contributed by atoms with Crippen LogP contribution >= 0.6 is 0 Å². The lowest BCUT2D eigenvalue weighted by molar-refractivity contribution is 0.168. The number of hydrogen-bond acceptors (Lipinski definition) is 2. The highest BCUT2D eigenvalue weighted by atomic mass is 16.3. The van der Waals surface area contributed by atoms with Gasteiger partial charge in [0.05, 0.1) is 11.8 Å². The van der Waals surface area contributed by atoms with Crippen LogP contribution in [0.4, 0.5) is 10.5 Å². The van der Waals surface area contributed by atoms with Crippen LogP contribution in [0.1, 0.15) is 37.9 Å². The highest BCUT2D eigenvalue weighted by Gasteiger charge is 2.24. The van der Waals surface area contributed by atoms with Crippen molar-refractivity contribution in [2.45, 2.75) is 32.3 Å². The van der Waals surface area contributed by atoms with Crippen molar-refractivity contribution in [3.05, 3.63) is 29.8 Å². The van der Waals surface area contributed by atoms with Crippen molar-refractivity contribution in [1.82, 2.24) is 5.32 Å². The van der Waals surface area contributed by atoms with E-state index >= 15 is 0 Å². The van der Waals surface area contributed by atoms with E-state index in [-0.39, 0.29) is 6.03 Å². The van der Waals surface area contributed by atoms with Crippen LogP contribution in [0.25, 0.3) is 0 Å². The molecule has 2 N–H and O–H groups in total. The summed E-state index contributed by atoms with van der Waals surface area (Å²) >= 11 is 0. The Hall–Kier alpha value is -1.55. The molecule has 2 rings (SSSR count). The Bertz CT molecular complexity index is 420. The number of rotatable bonds is 2. The van der Waals surface area contributed by atoms with Crippen LogP contribution in [0.3, 0.4) is 0 Å². The van der Waals surface area contributed by atoms with E-state index in [2.05, 4.69) is 5.32 Å². The fourth-order valence-corrected chi connectivity index (χ4v) is 2.27. The minimum Gasteiger partial charge on any atom is -0.388 e. The predicted octanol–water partition coefficient (Wildman–Crippen LogP) is 2.44. The summed E-state index contributed by atoms with van der Waals surface area (Å²) < 4.78 is 0. The SMILES string of the molecule is CCCNC(=O)N1CCCC(O)c2ccccc21. The van der Waals surface area contributed by atoms with E-state index < -0.39 is 6.10 Å². The molecule has 0 spiro atoms. The lowest BCUT2D eigenvalue weighted by Gasteiger charge is -2.23. The van der Waals surface area contributed by atoms with Crippen LogP contribution in [-0.2, 0) is 0 Å². The van der Waals surface area contributed by atoms with Gasteiger partial charge in [0.2, 0.25) is 0 Å². The van der Waals surface area contributed by atoms with Gasteiger partial charge in [-0.25, -0.2) is 4.79 Å². The Morgan fingerprint density at radius 2 is 2.28 bits per heavy atom. The number of fused-ring (bicyclic) bond motifs is 1. The number of amides is 2. The Labute approximate surface area is 108 Å². The molecule has 0 saturated carbocycles. The van der Waals surface area contributed by atoms with Crippen molar-refractivity contribution in [2.24, 2.45) is 0 Å². The maximum absolute atomic E-state index is 12.1. The lowest BCUT2D eigenvalue weighted by Crippen LogP contribution is -2.40. The first-order valence-corrected chi connectivity index (χ1v) is 6.56. The van der Waals surface area contributed by atoms with Crippen molar-refractivity contribution in [2.75, 3.05) is 18.0 Å². The number of carbonyl (C=O) groups is 1. The number of anilines is 1. The van der Waals surface area contributed by atoms with Gasteiger partial charge >= 0.3 is 6.03 Å². The van der Waals surface area contributed by atoms with Gasteiger partial charge in [-0.1, -0.05) is 25.1 Å². The van der Waals surface area contributed by atoms with Gasteiger partial charge in [0.1, 0.15) is 0 Å². The topological polar surface area (TPSA) is 52.6 Å². The first-order valence-electron chi connectivity index (χ1n) is 6.56. The normalized spacial score (nSPS) is 19.0. The standard InChI is InChI=1S/C14H20N2O2/c1-2-9-15-14(18)16-10-5-8-13(17)11-6-3-4-7-12(11)16/h3-4,6-7,13,17H,2,5,8-10H2,1H3,(H,15,18). The zero-order valence-corrected chi connectivity index (χ0v) is 10.7. The second-order valence-electron chi connectivity index (χ2n) is 4.60. The molecule has 0 saturated heterocycles. The molecule has 98 valence electrons. The van der Waals surface area contributed by atoms with Gasteiger partial charge in [0, 0.05) is 18.7 Å². The molecule has 1 aliphatic heterocycles. The van der Waals surface area contributed by atoms with Gasteiger partial charge < -0.3 is 10.4 Å². The Balaban J connectivity index is 2.25. The van der Waals surface area contributed by atoms with Crippen molar-refractivity contribution in [3.8, 4) is 0 Å². The molecule has 18 heavy (non-hydrogen) atoms. The molecule has 1 heterocycles. The molecule has 1 aliphatic rings. The molecule has 0 fully saturated rings. The maximum Gasteiger partial charge on any atom is 0.321 e. The molecular weight excluding hydrogens is 228 g/mol. The van der Waals surface area contributed by atoms with E-state index in [1.807, 2.05) is 31.2 Å². The third-order valence-corrected chi connectivity index (χ3v) is 3.22. The smallest absolute Gasteiger partial charge is 0.321 e. The van der Waals surface area contributed by atoms with E-state index in [4.69, 9.17) is 0 Å². The fraction of sp³-hybridized carbons (Fsp3) is 0.500. The molecule has 4 nitrogen and oxygen atoms in total. The van der Waals surface area contributed by atoms with Gasteiger partial charge in [0.25, 0.3) is 0 Å². The van der Waals surface area contributed by atoms with E-state index in [9.17, 15) is 9.90 Å². The van der Waals surface area contributed by atoms with Crippen LogP contribution in [0.5, 0.6) is 0 Å². The summed E-state index contributed by atoms with van der Waals surface area (Å²) in [5.74, 6) is 0. The minimum atomic E-state index is -0.467. The van der Waals surface area contributed by atoms with E-state index in [0.717, 1.165) is 24.1 Å². The molecule has 0 aromatic heterocycles. The second kappa shape index (κ2) is 5.87. The summed E-state index contributed by atoms with van der Waals surface area (Å²) in [5.41, 5.74) is 1.68. The molecule has 0 radical (unpaired) electrons. The van der Waals surface area contributed by atoms with Crippen LogP contribution in [0.2, 0.25) is 0 Å². The number of benzene rings is 1. The summed E-state index contributed by atoms with van der Waals surface area (Å²) in [5, 5.41) is 12.9. The predicted molar refractivity (Wildman–Crippen MR) is 71.7 cm³/mol. The molecule has 1 atom stereocenters. The highest BCUT2D eigenvalue weighted by molar-refractivity contribution is 5.93. The van der Waals surface area contributed by atoms with Crippen molar-refractivity contribution in [3.63, 3.8) is 0 Å². The number of hydrogen-bond donors (Lipinski definition) is 2. The Kier molecular flexibility index (Phi) is 4.20. The minimum absolute atomic E-state index is 0.0709. The van der Waals surface area contributed by atoms with E-state index in [0.29, 0.717) is 19.5 Å². The highest BCUT2D eigenvalue weighted by Crippen LogP contribution is 2.32. The molecule has 1 aromatic rings. The fourth-order valence-electron chi connectivity index (χ4n) is 2.27. The second-order valence-corrected chi connectivity index (χ2v) is 4.60. The van der Waals surface area contributed by atoms with Gasteiger partial charge in [-0.2, -0.15) is 0 Å². The third-order valence-electron chi connectivity index (χ3n) is 3.22. The molecular formula is C14H20N2O2. The van der Waals surface area contributed by atoms with Gasteiger partial charge in [0.15, 0.2) is 0 Å². The molecule has 0 bridgehead atoms. The van der Waals surface area contributed by atoms with Crippen molar-refractivity contribution >= 4 is 11.7 Å². The monoisotopic (exact) mass is 248 g/mol. The van der Waals surface area contributed by atoms with Crippen LogP contribution in [-0.4, -0.2) is 24.2 Å². The maximum atomic E-state index is 12.1. The number of urea groups is 1. The summed E-state index contributed by atoms with van der Waals surface area (Å²) in [6.45, 7) is 3.37. The van der Waals surface area contributed by atoms with Crippen LogP contribution in [0.15, 0.2) is 24.3 Å². The zero-order valence-electron chi connectivity index (χ0n) is 10.7. The number of aliphatic hydroxyl groups is 1. The van der Waals surface area contributed by atoms with Crippen molar-refractivity contribution in [1.29, 1.82) is 0 Å². The van der Waals surface area contributed by atoms with Crippen LogP contribution < -0.4 is 10.2 Å². The van der Waals surface area contributed by atoms with Crippen LogP contribution in [0, 0.1) is 0 Å². The molecule has 0 aliphatic carbocycles. The van der Waals surface area contributed by atoms with Crippen molar-refractivity contribution < 1.29 is 9.90 Å². The molecule has 1 aromatic carbocycles. The average molecular weight is 248 g/mol. The largest absolute Gasteiger partial charge is 0.388 e. The van der Waals surface area contributed by atoms with E-state index in [1.165, 1.54) is 0 Å². The van der Waals surface area contributed by atoms with Gasteiger partial charge in [-0.05, 0) is 25.3 Å². The third kappa shape index (κ3) is 2.64. The Morgan fingerprint density at radius 1 is 1.50 bits per heavy atom. The van der Waals surface area contributed by atoms with Gasteiger partial charge in [-0.15, -0.1) is 0 Å². The lowest BCUT2D eigenvalue weighted by atomic mass is 10.0. The number of aliphatic hydroxyl groups excluding tert-OH is 1. The van der Waals surface area contributed by atoms with Gasteiger partial charge in [-0.3, -0.25) is 4.90 Å². The zero-order chi connectivity index (χ0) is 13.0. The summed E-state index contributed by atoms with van der Waals surface area (Å²) in [7, 11) is 0. The summed E-state index contributed by atoms with van der Waals surface area (Å²) in [6, 6.07) is 7.52. The Morgan fingerprint density at radius 3 is 3.06 bits per heavy atom. The summed E-state index contributed by atoms with van der Waals surface area (Å²) in [6.07, 6.45) is 1.97. The first kappa shape index (κ1) is 12.9.